The largest absolute Gasteiger partial charge is 0.315 e. The summed E-state index contributed by atoms with van der Waals surface area (Å²) in [6.45, 7) is 3.32. The van der Waals surface area contributed by atoms with Gasteiger partial charge in [0.2, 0.25) is 5.91 Å². The second-order valence-corrected chi connectivity index (χ2v) is 5.63. The van der Waals surface area contributed by atoms with Crippen LogP contribution in [-0.2, 0) is 16.8 Å². The fourth-order valence-corrected chi connectivity index (χ4v) is 3.29. The molecule has 3 heteroatoms. The first-order valence-corrected chi connectivity index (χ1v) is 6.76. The van der Waals surface area contributed by atoms with Gasteiger partial charge in [-0.15, -0.1) is 0 Å². The highest BCUT2D eigenvalue weighted by Gasteiger charge is 2.35. The topological polar surface area (TPSA) is 32.3 Å². The molecule has 1 unspecified atom stereocenters. The Morgan fingerprint density at radius 2 is 2.17 bits per heavy atom. The molecule has 1 aromatic carbocycles. The minimum Gasteiger partial charge on any atom is -0.315 e. The Labute approximate surface area is 108 Å². The third kappa shape index (κ3) is 1.65. The number of fused-ring (bicyclic) bond motifs is 1. The summed E-state index contributed by atoms with van der Waals surface area (Å²) in [5, 5.41) is 3.60. The van der Waals surface area contributed by atoms with Crippen LogP contribution < -0.4 is 10.2 Å². The van der Waals surface area contributed by atoms with Crippen molar-refractivity contribution in [1.29, 1.82) is 0 Å². The lowest BCUT2D eigenvalue weighted by molar-refractivity contribution is -0.118. The van der Waals surface area contributed by atoms with Crippen molar-refractivity contribution in [2.24, 2.45) is 0 Å². The van der Waals surface area contributed by atoms with Gasteiger partial charge in [0.15, 0.2) is 0 Å². The molecule has 0 aliphatic carbocycles. The van der Waals surface area contributed by atoms with E-state index in [1.807, 2.05) is 11.9 Å². The Balaban J connectivity index is 2.13. The van der Waals surface area contributed by atoms with Crippen LogP contribution in [0.2, 0.25) is 0 Å². The maximum absolute atomic E-state index is 11.9. The molecule has 1 amide bonds. The van der Waals surface area contributed by atoms with E-state index in [0.29, 0.717) is 6.42 Å². The zero-order chi connectivity index (χ0) is 12.8. The van der Waals surface area contributed by atoms with Gasteiger partial charge in [-0.25, -0.2) is 0 Å². The summed E-state index contributed by atoms with van der Waals surface area (Å²) in [5.41, 5.74) is 3.76. The number of carbonyl (C=O) groups excluding carboxylic acids is 1. The summed E-state index contributed by atoms with van der Waals surface area (Å²) < 4.78 is 0. The third-order valence-electron chi connectivity index (χ3n) is 4.40. The van der Waals surface area contributed by atoms with Gasteiger partial charge < -0.3 is 10.2 Å². The first-order chi connectivity index (χ1) is 8.62. The molecule has 1 fully saturated rings. The molecule has 1 saturated heterocycles. The predicted molar refractivity (Wildman–Crippen MR) is 72.8 cm³/mol. The van der Waals surface area contributed by atoms with Gasteiger partial charge in [0.05, 0.1) is 5.69 Å². The van der Waals surface area contributed by atoms with Crippen LogP contribution in [0.15, 0.2) is 18.2 Å². The number of benzene rings is 1. The molecule has 0 bridgehead atoms. The van der Waals surface area contributed by atoms with Crippen molar-refractivity contribution in [2.75, 3.05) is 18.5 Å². The lowest BCUT2D eigenvalue weighted by atomic mass is 9.85. The van der Waals surface area contributed by atoms with Gasteiger partial charge in [-0.05, 0) is 43.9 Å². The van der Waals surface area contributed by atoms with Gasteiger partial charge in [-0.1, -0.05) is 18.2 Å². The summed E-state index contributed by atoms with van der Waals surface area (Å²) >= 11 is 0. The lowest BCUT2D eigenvalue weighted by Crippen LogP contribution is -2.38. The molecule has 3 nitrogen and oxygen atoms in total. The second-order valence-electron chi connectivity index (χ2n) is 5.63. The number of para-hydroxylation sites is 1. The van der Waals surface area contributed by atoms with Crippen molar-refractivity contribution in [2.45, 2.75) is 38.1 Å². The average Bonchev–Trinajstić information content (AvgIpc) is 2.81. The van der Waals surface area contributed by atoms with Crippen molar-refractivity contribution >= 4 is 11.6 Å². The molecular weight excluding hydrogens is 224 g/mol. The number of hydrogen-bond donors (Lipinski definition) is 1. The minimum atomic E-state index is 0.0250. The van der Waals surface area contributed by atoms with Crippen LogP contribution in [0.4, 0.5) is 5.69 Å². The Hall–Kier alpha value is -1.35. The molecule has 1 atom stereocenters. The van der Waals surface area contributed by atoms with E-state index < -0.39 is 0 Å². The molecule has 1 aromatic rings. The van der Waals surface area contributed by atoms with Crippen LogP contribution >= 0.6 is 0 Å². The third-order valence-corrected chi connectivity index (χ3v) is 4.40. The van der Waals surface area contributed by atoms with E-state index in [4.69, 9.17) is 0 Å². The molecule has 96 valence electrons. The molecule has 2 aliphatic rings. The monoisotopic (exact) mass is 244 g/mol. The van der Waals surface area contributed by atoms with Crippen molar-refractivity contribution in [3.63, 3.8) is 0 Å². The van der Waals surface area contributed by atoms with Crippen molar-refractivity contribution in [3.05, 3.63) is 29.3 Å². The van der Waals surface area contributed by atoms with E-state index in [1.165, 1.54) is 17.5 Å². The quantitative estimate of drug-likeness (QED) is 0.821. The Morgan fingerprint density at radius 1 is 1.33 bits per heavy atom. The average molecular weight is 244 g/mol. The van der Waals surface area contributed by atoms with Gasteiger partial charge in [0.1, 0.15) is 0 Å². The molecule has 3 rings (SSSR count). The molecule has 18 heavy (non-hydrogen) atoms. The normalized spacial score (nSPS) is 27.4. The molecule has 0 spiro atoms. The highest BCUT2D eigenvalue weighted by molar-refractivity contribution is 5.97. The molecule has 2 aliphatic heterocycles. The second kappa shape index (κ2) is 4.09. The van der Waals surface area contributed by atoms with Gasteiger partial charge in [-0.2, -0.15) is 0 Å². The van der Waals surface area contributed by atoms with Crippen LogP contribution in [0.3, 0.4) is 0 Å². The number of rotatable bonds is 1. The number of carbonyl (C=O) groups is 1. The van der Waals surface area contributed by atoms with E-state index in [9.17, 15) is 4.79 Å². The summed E-state index contributed by atoms with van der Waals surface area (Å²) in [6.07, 6.45) is 3.86. The van der Waals surface area contributed by atoms with Crippen LogP contribution in [0.5, 0.6) is 0 Å². The van der Waals surface area contributed by atoms with Crippen molar-refractivity contribution in [1.82, 2.24) is 5.32 Å². The van der Waals surface area contributed by atoms with E-state index in [2.05, 4.69) is 30.4 Å². The minimum absolute atomic E-state index is 0.0250. The van der Waals surface area contributed by atoms with Crippen LogP contribution in [0, 0.1) is 0 Å². The van der Waals surface area contributed by atoms with Crippen molar-refractivity contribution in [3.8, 4) is 0 Å². The Morgan fingerprint density at radius 3 is 2.89 bits per heavy atom. The number of nitrogens with one attached hydrogen (secondary N) is 1. The standard InChI is InChI=1S/C15H20N2O/c1-15(9-4-10-16-15)12-6-3-5-11-7-8-13(18)17(2)14(11)12/h3,5-6,16H,4,7-10H2,1-2H3. The molecule has 0 radical (unpaired) electrons. The summed E-state index contributed by atoms with van der Waals surface area (Å²) in [4.78, 5) is 13.8. The summed E-state index contributed by atoms with van der Waals surface area (Å²) in [6, 6.07) is 6.45. The summed E-state index contributed by atoms with van der Waals surface area (Å²) in [5.74, 6) is 0.233. The van der Waals surface area contributed by atoms with E-state index in [1.54, 1.807) is 0 Å². The number of nitrogens with zero attached hydrogens (tertiary/aromatic N) is 1. The number of hydrogen-bond acceptors (Lipinski definition) is 2. The molecule has 1 N–H and O–H groups in total. The highest BCUT2D eigenvalue weighted by atomic mass is 16.2. The Bertz CT molecular complexity index is 489. The van der Waals surface area contributed by atoms with Gasteiger partial charge in [0.25, 0.3) is 0 Å². The zero-order valence-corrected chi connectivity index (χ0v) is 11.1. The number of aryl methyl sites for hydroxylation is 1. The molecule has 2 heterocycles. The van der Waals surface area contributed by atoms with Crippen LogP contribution in [0.1, 0.15) is 37.3 Å². The SMILES string of the molecule is CN1C(=O)CCc2cccc(C3(C)CCCN3)c21. The maximum Gasteiger partial charge on any atom is 0.227 e. The predicted octanol–water partition coefficient (Wildman–Crippen LogP) is 2.19. The molecule has 0 saturated carbocycles. The molecule has 0 aromatic heterocycles. The number of amides is 1. The van der Waals surface area contributed by atoms with E-state index in [0.717, 1.165) is 25.1 Å². The maximum atomic E-state index is 11.9. The zero-order valence-electron chi connectivity index (χ0n) is 11.1. The first kappa shape index (κ1) is 11.7. The van der Waals surface area contributed by atoms with E-state index in [-0.39, 0.29) is 11.4 Å². The smallest absolute Gasteiger partial charge is 0.227 e. The van der Waals surface area contributed by atoms with E-state index >= 15 is 0 Å². The lowest BCUT2D eigenvalue weighted by Gasteiger charge is -2.34. The first-order valence-electron chi connectivity index (χ1n) is 6.76. The summed E-state index contributed by atoms with van der Waals surface area (Å²) in [7, 11) is 1.90. The van der Waals surface area contributed by atoms with Crippen LogP contribution in [-0.4, -0.2) is 19.5 Å². The fourth-order valence-electron chi connectivity index (χ4n) is 3.29. The van der Waals surface area contributed by atoms with Gasteiger partial charge in [0, 0.05) is 19.0 Å². The molecular formula is C15H20N2O. The number of anilines is 1. The van der Waals surface area contributed by atoms with Gasteiger partial charge >= 0.3 is 0 Å². The van der Waals surface area contributed by atoms with Crippen LogP contribution in [0.25, 0.3) is 0 Å². The van der Waals surface area contributed by atoms with Crippen molar-refractivity contribution < 1.29 is 4.79 Å². The Kier molecular flexibility index (Phi) is 2.67. The van der Waals surface area contributed by atoms with Gasteiger partial charge in [-0.3, -0.25) is 4.79 Å². The highest BCUT2D eigenvalue weighted by Crippen LogP contribution is 2.40. The fraction of sp³-hybridized carbons (Fsp3) is 0.533.